The molecule has 0 aliphatic carbocycles. The van der Waals surface area contributed by atoms with Crippen LogP contribution < -0.4 is 22.1 Å². The smallest absolute Gasteiger partial charge is 0.251 e. The molecule has 1 aliphatic heterocycles. The fourth-order valence-electron chi connectivity index (χ4n) is 4.13. The molecule has 4 atom stereocenters. The largest absolute Gasteiger partial charge is 0.366 e. The lowest BCUT2D eigenvalue weighted by atomic mass is 9.97. The van der Waals surface area contributed by atoms with Crippen LogP contribution in [-0.4, -0.2) is 63.4 Å². The standard InChI is InChI=1S/C26H36N4O5S/c1-17(2)14-21(27)25(28)36(33,34)20-10-8-19(9-11-20)24(31)22(15-18-6-4-3-5-7-18)30-26(32)23-16-29-12-13-35-23/h3-11,17,21-23,25,29H,12-16,27-28H2,1-2H3,(H,30,32)/t21?,22-,23?,25?/m0/s1. The molecule has 3 rings (SSSR count). The number of sulfone groups is 1. The Kier molecular flexibility index (Phi) is 9.75. The Bertz CT molecular complexity index is 1120. The van der Waals surface area contributed by atoms with Gasteiger partial charge in [-0.1, -0.05) is 56.3 Å². The van der Waals surface area contributed by atoms with Crippen LogP contribution in [-0.2, 0) is 25.8 Å². The second kappa shape index (κ2) is 12.6. The van der Waals surface area contributed by atoms with Gasteiger partial charge in [-0.15, -0.1) is 0 Å². The number of Topliss-reactive ketones (excluding diaryl/α,β-unsaturated/α-hetero) is 1. The molecule has 1 saturated heterocycles. The number of morpholine rings is 1. The minimum Gasteiger partial charge on any atom is -0.366 e. The van der Waals surface area contributed by atoms with Crippen LogP contribution in [0.4, 0.5) is 0 Å². The van der Waals surface area contributed by atoms with E-state index in [0.717, 1.165) is 5.56 Å². The Hall–Kier alpha value is -2.63. The van der Waals surface area contributed by atoms with Crippen molar-refractivity contribution in [3.63, 3.8) is 0 Å². The van der Waals surface area contributed by atoms with E-state index in [1.165, 1.54) is 24.3 Å². The molecule has 0 bridgehead atoms. The zero-order valence-electron chi connectivity index (χ0n) is 20.7. The number of hydrogen-bond donors (Lipinski definition) is 4. The normalized spacial score (nSPS) is 18.9. The van der Waals surface area contributed by atoms with Gasteiger partial charge in [0.1, 0.15) is 11.5 Å². The van der Waals surface area contributed by atoms with Crippen LogP contribution in [0.25, 0.3) is 0 Å². The first kappa shape index (κ1) is 27.9. The molecule has 196 valence electrons. The lowest BCUT2D eigenvalue weighted by Crippen LogP contribution is -2.52. The second-order valence-corrected chi connectivity index (χ2v) is 11.6. The van der Waals surface area contributed by atoms with Gasteiger partial charge in [0.05, 0.1) is 17.5 Å². The molecule has 1 aliphatic rings. The van der Waals surface area contributed by atoms with E-state index in [4.69, 9.17) is 16.2 Å². The zero-order chi connectivity index (χ0) is 26.3. The van der Waals surface area contributed by atoms with Gasteiger partial charge in [-0.25, -0.2) is 8.42 Å². The molecular formula is C26H36N4O5S. The fourth-order valence-corrected chi connectivity index (χ4v) is 5.53. The summed E-state index contributed by atoms with van der Waals surface area (Å²) in [6.07, 6.45) is 0.0624. The molecule has 0 aromatic heterocycles. The summed E-state index contributed by atoms with van der Waals surface area (Å²) in [4.78, 5) is 26.2. The third kappa shape index (κ3) is 7.21. The lowest BCUT2D eigenvalue weighted by Gasteiger charge is -2.25. The number of benzene rings is 2. The Morgan fingerprint density at radius 3 is 2.33 bits per heavy atom. The Labute approximate surface area is 212 Å². The SMILES string of the molecule is CC(C)CC(N)C(N)S(=O)(=O)c1ccc(C(=O)[C@H](Cc2ccccc2)NC(=O)C2CNCCO2)cc1. The number of hydrogen-bond acceptors (Lipinski definition) is 8. The molecule has 1 fully saturated rings. The van der Waals surface area contributed by atoms with Crippen LogP contribution in [0, 0.1) is 5.92 Å². The molecule has 9 nitrogen and oxygen atoms in total. The number of nitrogens with two attached hydrogens (primary N) is 2. The highest BCUT2D eigenvalue weighted by atomic mass is 32.2. The molecule has 36 heavy (non-hydrogen) atoms. The van der Waals surface area contributed by atoms with Crippen LogP contribution in [0.3, 0.4) is 0 Å². The van der Waals surface area contributed by atoms with Crippen LogP contribution in [0.5, 0.6) is 0 Å². The number of carbonyl (C=O) groups is 2. The van der Waals surface area contributed by atoms with E-state index in [-0.39, 0.29) is 34.5 Å². The van der Waals surface area contributed by atoms with Crippen molar-refractivity contribution in [1.82, 2.24) is 10.6 Å². The molecule has 1 heterocycles. The van der Waals surface area contributed by atoms with Gasteiger partial charge in [-0.3, -0.25) is 9.59 Å². The van der Waals surface area contributed by atoms with Gasteiger partial charge in [0, 0.05) is 31.1 Å². The zero-order valence-corrected chi connectivity index (χ0v) is 21.5. The highest BCUT2D eigenvalue weighted by Crippen LogP contribution is 2.20. The van der Waals surface area contributed by atoms with Gasteiger partial charge < -0.3 is 26.8 Å². The maximum absolute atomic E-state index is 13.4. The molecule has 1 amide bonds. The third-order valence-electron chi connectivity index (χ3n) is 6.13. The molecule has 6 N–H and O–H groups in total. The minimum atomic E-state index is -3.88. The number of nitrogens with one attached hydrogen (secondary N) is 2. The van der Waals surface area contributed by atoms with E-state index in [1.807, 2.05) is 44.2 Å². The monoisotopic (exact) mass is 516 g/mol. The maximum Gasteiger partial charge on any atom is 0.251 e. The number of ketones is 1. The van der Waals surface area contributed by atoms with Crippen LogP contribution in [0.2, 0.25) is 0 Å². The first-order valence-electron chi connectivity index (χ1n) is 12.2. The number of rotatable bonds is 11. The summed E-state index contributed by atoms with van der Waals surface area (Å²) in [6.45, 7) is 5.33. The van der Waals surface area contributed by atoms with Crippen LogP contribution >= 0.6 is 0 Å². The lowest BCUT2D eigenvalue weighted by molar-refractivity contribution is -0.134. The maximum atomic E-state index is 13.4. The molecule has 2 aromatic carbocycles. The van der Waals surface area contributed by atoms with Crippen molar-refractivity contribution >= 4 is 21.5 Å². The summed E-state index contributed by atoms with van der Waals surface area (Å²) in [5.74, 6) is -0.505. The Morgan fingerprint density at radius 2 is 1.75 bits per heavy atom. The van der Waals surface area contributed by atoms with Gasteiger partial charge >= 0.3 is 0 Å². The molecule has 10 heteroatoms. The van der Waals surface area contributed by atoms with Crippen molar-refractivity contribution in [3.05, 3.63) is 65.7 Å². The predicted molar refractivity (Wildman–Crippen MR) is 138 cm³/mol. The summed E-state index contributed by atoms with van der Waals surface area (Å²) in [7, 11) is -3.88. The van der Waals surface area contributed by atoms with Crippen molar-refractivity contribution in [2.75, 3.05) is 19.7 Å². The van der Waals surface area contributed by atoms with Crippen LogP contribution in [0.1, 0.15) is 36.2 Å². The molecule has 0 saturated carbocycles. The van der Waals surface area contributed by atoms with E-state index < -0.39 is 33.4 Å². The number of ether oxygens (including phenoxy) is 1. The van der Waals surface area contributed by atoms with E-state index in [2.05, 4.69) is 10.6 Å². The third-order valence-corrected chi connectivity index (χ3v) is 8.12. The van der Waals surface area contributed by atoms with Crippen LogP contribution in [0.15, 0.2) is 59.5 Å². The molecule has 0 spiro atoms. The molecule has 3 unspecified atom stereocenters. The molecule has 0 radical (unpaired) electrons. The summed E-state index contributed by atoms with van der Waals surface area (Å²) >= 11 is 0. The van der Waals surface area contributed by atoms with Crippen molar-refractivity contribution in [2.45, 2.75) is 55.1 Å². The quantitative estimate of drug-likeness (QED) is 0.323. The van der Waals surface area contributed by atoms with Crippen molar-refractivity contribution in [1.29, 1.82) is 0 Å². The topological polar surface area (TPSA) is 154 Å². The van der Waals surface area contributed by atoms with E-state index in [1.54, 1.807) is 0 Å². The molecular weight excluding hydrogens is 480 g/mol. The van der Waals surface area contributed by atoms with Gasteiger partial charge in [-0.2, -0.15) is 0 Å². The number of carbonyl (C=O) groups excluding carboxylic acids is 2. The first-order chi connectivity index (χ1) is 17.1. The van der Waals surface area contributed by atoms with Gasteiger partial charge in [0.15, 0.2) is 15.6 Å². The first-order valence-corrected chi connectivity index (χ1v) is 13.7. The van der Waals surface area contributed by atoms with E-state index in [0.29, 0.717) is 26.1 Å². The van der Waals surface area contributed by atoms with Gasteiger partial charge in [-0.05, 0) is 30.0 Å². The summed E-state index contributed by atoms with van der Waals surface area (Å²) in [5.41, 5.74) is 13.2. The predicted octanol–water partition coefficient (Wildman–Crippen LogP) is 1.02. The summed E-state index contributed by atoms with van der Waals surface area (Å²) < 4.78 is 31.5. The number of amides is 1. The van der Waals surface area contributed by atoms with Gasteiger partial charge in [0.25, 0.3) is 5.91 Å². The Balaban J connectivity index is 1.79. The summed E-state index contributed by atoms with van der Waals surface area (Å²) in [6, 6.07) is 13.4. The summed E-state index contributed by atoms with van der Waals surface area (Å²) in [5, 5.41) is 4.67. The highest BCUT2D eigenvalue weighted by Gasteiger charge is 2.31. The van der Waals surface area contributed by atoms with E-state index in [9.17, 15) is 18.0 Å². The van der Waals surface area contributed by atoms with Gasteiger partial charge in [0.2, 0.25) is 0 Å². The van der Waals surface area contributed by atoms with Crippen molar-refractivity contribution < 1.29 is 22.7 Å². The fraction of sp³-hybridized carbons (Fsp3) is 0.462. The highest BCUT2D eigenvalue weighted by molar-refractivity contribution is 7.92. The minimum absolute atomic E-state index is 0.00363. The van der Waals surface area contributed by atoms with Crippen molar-refractivity contribution in [3.8, 4) is 0 Å². The molecule has 2 aromatic rings. The average molecular weight is 517 g/mol. The van der Waals surface area contributed by atoms with E-state index >= 15 is 0 Å². The average Bonchev–Trinajstić information content (AvgIpc) is 2.88. The second-order valence-electron chi connectivity index (χ2n) is 9.51. The van der Waals surface area contributed by atoms with Crippen molar-refractivity contribution in [2.24, 2.45) is 17.4 Å². The Morgan fingerprint density at radius 1 is 1.08 bits per heavy atom.